The molecule has 2 fully saturated rings. The Balaban J connectivity index is 1.71. The number of nitrogens with zero attached hydrogens (tertiary/aromatic N) is 1. The summed E-state index contributed by atoms with van der Waals surface area (Å²) >= 11 is 0. The van der Waals surface area contributed by atoms with Crippen molar-refractivity contribution in [3.05, 3.63) is 35.4 Å². The van der Waals surface area contributed by atoms with Gasteiger partial charge in [0.2, 0.25) is 0 Å². The number of carbonyl (C=O) groups excluding carboxylic acids is 1. The summed E-state index contributed by atoms with van der Waals surface area (Å²) in [6.07, 6.45) is 0. The Morgan fingerprint density at radius 1 is 1.16 bits per heavy atom. The topological polar surface area (TPSA) is 46.3 Å². The van der Waals surface area contributed by atoms with Gasteiger partial charge >= 0.3 is 0 Å². The molecule has 1 aromatic carbocycles. The molecule has 1 heterocycles. The van der Waals surface area contributed by atoms with E-state index in [1.807, 2.05) is 17.0 Å². The molecule has 2 N–H and O–H groups in total. The van der Waals surface area contributed by atoms with Crippen LogP contribution in [0.4, 0.5) is 0 Å². The monoisotopic (exact) mass is 258 g/mol. The van der Waals surface area contributed by atoms with Crippen LogP contribution in [0.2, 0.25) is 0 Å². The zero-order chi connectivity index (χ0) is 13.8. The third-order valence-electron chi connectivity index (χ3n) is 4.55. The summed E-state index contributed by atoms with van der Waals surface area (Å²) in [5.74, 6) is 1.26. The SMILES string of the molecule is CC(C)(C)c1ccc(C(=O)N2CC3C(N)C3C2)cc1. The average molecular weight is 258 g/mol. The van der Waals surface area contributed by atoms with Crippen LogP contribution in [0.5, 0.6) is 0 Å². The van der Waals surface area contributed by atoms with Gasteiger partial charge in [-0.15, -0.1) is 0 Å². The van der Waals surface area contributed by atoms with Crippen LogP contribution in [0.25, 0.3) is 0 Å². The van der Waals surface area contributed by atoms with Crippen LogP contribution in [0.3, 0.4) is 0 Å². The molecule has 3 rings (SSSR count). The summed E-state index contributed by atoms with van der Waals surface area (Å²) in [6.45, 7) is 8.22. The molecule has 1 aliphatic heterocycles. The van der Waals surface area contributed by atoms with E-state index < -0.39 is 0 Å². The van der Waals surface area contributed by atoms with Gasteiger partial charge in [-0.3, -0.25) is 4.79 Å². The largest absolute Gasteiger partial charge is 0.338 e. The molecule has 0 aromatic heterocycles. The molecule has 1 saturated heterocycles. The quantitative estimate of drug-likeness (QED) is 0.837. The van der Waals surface area contributed by atoms with E-state index in [9.17, 15) is 4.79 Å². The second-order valence-corrected chi connectivity index (χ2v) is 6.94. The van der Waals surface area contributed by atoms with Crippen LogP contribution >= 0.6 is 0 Å². The van der Waals surface area contributed by atoms with Crippen molar-refractivity contribution in [2.75, 3.05) is 13.1 Å². The molecule has 1 aromatic rings. The lowest BCUT2D eigenvalue weighted by Crippen LogP contribution is -2.33. The maximum Gasteiger partial charge on any atom is 0.253 e. The molecule has 1 amide bonds. The Morgan fingerprint density at radius 2 is 1.68 bits per heavy atom. The predicted octanol–water partition coefficient (Wildman–Crippen LogP) is 2.01. The van der Waals surface area contributed by atoms with Crippen LogP contribution < -0.4 is 5.73 Å². The molecule has 3 heteroatoms. The zero-order valence-corrected chi connectivity index (χ0v) is 11.9. The highest BCUT2D eigenvalue weighted by Crippen LogP contribution is 2.44. The third kappa shape index (κ3) is 2.16. The standard InChI is InChI=1S/C16H22N2O/c1-16(2,3)11-6-4-10(5-7-11)15(19)18-8-12-13(9-18)14(12)17/h4-7,12-14H,8-9,17H2,1-3H3. The number of benzene rings is 1. The van der Waals surface area contributed by atoms with Crippen molar-refractivity contribution in [2.45, 2.75) is 32.2 Å². The Bertz CT molecular complexity index is 488. The van der Waals surface area contributed by atoms with Crippen LogP contribution in [-0.2, 0) is 5.41 Å². The number of amides is 1. The number of rotatable bonds is 1. The first-order valence-corrected chi connectivity index (χ1v) is 7.03. The van der Waals surface area contributed by atoms with E-state index in [-0.39, 0.29) is 11.3 Å². The summed E-state index contributed by atoms with van der Waals surface area (Å²) in [6, 6.07) is 8.37. The van der Waals surface area contributed by atoms with Gasteiger partial charge in [0.15, 0.2) is 0 Å². The van der Waals surface area contributed by atoms with E-state index in [2.05, 4.69) is 32.9 Å². The third-order valence-corrected chi connectivity index (χ3v) is 4.55. The summed E-state index contributed by atoms with van der Waals surface area (Å²) in [4.78, 5) is 14.3. The number of fused-ring (bicyclic) bond motifs is 1. The molecule has 0 radical (unpaired) electrons. The number of likely N-dealkylation sites (tertiary alicyclic amines) is 1. The van der Waals surface area contributed by atoms with Crippen molar-refractivity contribution in [1.29, 1.82) is 0 Å². The number of hydrogen-bond donors (Lipinski definition) is 1. The smallest absolute Gasteiger partial charge is 0.253 e. The van der Waals surface area contributed by atoms with Crippen molar-refractivity contribution in [3.8, 4) is 0 Å². The Kier molecular flexibility index (Phi) is 2.72. The highest BCUT2D eigenvalue weighted by Gasteiger charge is 2.54. The molecular weight excluding hydrogens is 236 g/mol. The first kappa shape index (κ1) is 12.7. The summed E-state index contributed by atoms with van der Waals surface area (Å²) in [5.41, 5.74) is 8.09. The van der Waals surface area contributed by atoms with E-state index >= 15 is 0 Å². The van der Waals surface area contributed by atoms with Gasteiger partial charge in [-0.25, -0.2) is 0 Å². The van der Waals surface area contributed by atoms with Gasteiger partial charge in [0.05, 0.1) is 0 Å². The maximum atomic E-state index is 12.4. The molecular formula is C16H22N2O. The second-order valence-electron chi connectivity index (χ2n) is 6.94. The van der Waals surface area contributed by atoms with Crippen LogP contribution in [0.15, 0.2) is 24.3 Å². The van der Waals surface area contributed by atoms with Gasteiger partial charge in [0.1, 0.15) is 0 Å². The van der Waals surface area contributed by atoms with Crippen molar-refractivity contribution in [1.82, 2.24) is 4.90 Å². The minimum absolute atomic E-state index is 0.129. The number of carbonyl (C=O) groups is 1. The molecule has 2 unspecified atom stereocenters. The number of nitrogens with two attached hydrogens (primary N) is 1. The molecule has 102 valence electrons. The Morgan fingerprint density at radius 3 is 2.16 bits per heavy atom. The Hall–Kier alpha value is -1.35. The molecule has 1 saturated carbocycles. The molecule has 0 bridgehead atoms. The van der Waals surface area contributed by atoms with Crippen LogP contribution in [0, 0.1) is 11.8 Å². The van der Waals surface area contributed by atoms with E-state index in [4.69, 9.17) is 5.73 Å². The molecule has 1 aliphatic carbocycles. The average Bonchev–Trinajstić information content (AvgIpc) is 2.79. The fourth-order valence-electron chi connectivity index (χ4n) is 3.03. The molecule has 0 spiro atoms. The highest BCUT2D eigenvalue weighted by molar-refractivity contribution is 5.94. The first-order chi connectivity index (χ1) is 8.88. The van der Waals surface area contributed by atoms with Gasteiger partial charge in [0, 0.05) is 24.7 Å². The lowest BCUT2D eigenvalue weighted by molar-refractivity contribution is 0.0773. The van der Waals surface area contributed by atoms with Gasteiger partial charge in [-0.2, -0.15) is 0 Å². The second kappa shape index (κ2) is 4.07. The van der Waals surface area contributed by atoms with E-state index in [0.717, 1.165) is 18.7 Å². The lowest BCUT2D eigenvalue weighted by Gasteiger charge is -2.21. The summed E-state index contributed by atoms with van der Waals surface area (Å²) < 4.78 is 0. The first-order valence-electron chi connectivity index (χ1n) is 7.03. The molecule has 19 heavy (non-hydrogen) atoms. The Labute approximate surface area is 114 Å². The lowest BCUT2D eigenvalue weighted by atomic mass is 9.86. The van der Waals surface area contributed by atoms with Gasteiger partial charge in [-0.1, -0.05) is 32.9 Å². The van der Waals surface area contributed by atoms with E-state index in [0.29, 0.717) is 17.9 Å². The van der Waals surface area contributed by atoms with Crippen molar-refractivity contribution < 1.29 is 4.79 Å². The number of piperidine rings is 1. The normalized spacial score (nSPS) is 29.3. The van der Waals surface area contributed by atoms with Crippen molar-refractivity contribution in [3.63, 3.8) is 0 Å². The molecule has 3 nitrogen and oxygen atoms in total. The molecule has 2 atom stereocenters. The van der Waals surface area contributed by atoms with Crippen LogP contribution in [-0.4, -0.2) is 29.9 Å². The minimum Gasteiger partial charge on any atom is -0.338 e. The maximum absolute atomic E-state index is 12.4. The minimum atomic E-state index is 0.129. The summed E-state index contributed by atoms with van der Waals surface area (Å²) in [7, 11) is 0. The van der Waals surface area contributed by atoms with Crippen LogP contribution in [0.1, 0.15) is 36.7 Å². The molecule has 2 aliphatic rings. The zero-order valence-electron chi connectivity index (χ0n) is 11.9. The number of hydrogen-bond acceptors (Lipinski definition) is 2. The van der Waals surface area contributed by atoms with E-state index in [1.54, 1.807) is 0 Å². The fraction of sp³-hybridized carbons (Fsp3) is 0.562. The fourth-order valence-corrected chi connectivity index (χ4v) is 3.03. The van der Waals surface area contributed by atoms with E-state index in [1.165, 1.54) is 5.56 Å². The summed E-state index contributed by atoms with van der Waals surface area (Å²) in [5, 5.41) is 0. The van der Waals surface area contributed by atoms with Crippen molar-refractivity contribution >= 4 is 5.91 Å². The predicted molar refractivity (Wildman–Crippen MR) is 76.0 cm³/mol. The van der Waals surface area contributed by atoms with Gasteiger partial charge < -0.3 is 10.6 Å². The van der Waals surface area contributed by atoms with Gasteiger partial charge in [-0.05, 0) is 34.9 Å². The highest BCUT2D eigenvalue weighted by atomic mass is 16.2. The van der Waals surface area contributed by atoms with Gasteiger partial charge in [0.25, 0.3) is 5.91 Å². The van der Waals surface area contributed by atoms with Crippen molar-refractivity contribution in [2.24, 2.45) is 17.6 Å².